The average Bonchev–Trinajstić information content (AvgIpc) is 2.65. The Labute approximate surface area is 160 Å². The third kappa shape index (κ3) is 2.90. The molecule has 146 valence electrons. The van der Waals surface area contributed by atoms with Crippen molar-refractivity contribution in [2.24, 2.45) is 7.05 Å². The molecule has 1 N–H and O–H groups in total. The van der Waals surface area contributed by atoms with E-state index in [1.807, 2.05) is 4.90 Å². The van der Waals surface area contributed by atoms with Crippen LogP contribution in [-0.2, 0) is 7.05 Å². The lowest BCUT2D eigenvalue weighted by molar-refractivity contribution is 0.0695. The largest absolute Gasteiger partial charge is 0.477 e. The molecule has 1 atom stereocenters. The van der Waals surface area contributed by atoms with Crippen molar-refractivity contribution in [3.63, 3.8) is 0 Å². The van der Waals surface area contributed by atoms with E-state index >= 15 is 0 Å². The van der Waals surface area contributed by atoms with Gasteiger partial charge in [-0.25, -0.2) is 14.2 Å². The van der Waals surface area contributed by atoms with Gasteiger partial charge in [0.05, 0.1) is 16.6 Å². The number of aromatic carboxylic acids is 1. The van der Waals surface area contributed by atoms with Gasteiger partial charge in [0.25, 0.3) is 0 Å². The Morgan fingerprint density at radius 2 is 2.00 bits per heavy atom. The Balaban J connectivity index is 1.89. The van der Waals surface area contributed by atoms with Crippen molar-refractivity contribution in [2.45, 2.75) is 13.0 Å². The molecule has 1 aromatic carbocycles. The topological polar surface area (TPSA) is 78.7 Å². The smallest absolute Gasteiger partial charge is 0.341 e. The summed E-state index contributed by atoms with van der Waals surface area (Å²) in [6, 6.07) is 4.90. The molecule has 0 radical (unpaired) electrons. The molecule has 0 saturated carbocycles. The summed E-state index contributed by atoms with van der Waals surface area (Å²) in [5.74, 6) is -1.68. The van der Waals surface area contributed by atoms with Gasteiger partial charge in [0.15, 0.2) is 0 Å². The van der Waals surface area contributed by atoms with Crippen LogP contribution in [0.1, 0.15) is 17.3 Å². The molecule has 28 heavy (non-hydrogen) atoms. The van der Waals surface area contributed by atoms with Gasteiger partial charge in [0.2, 0.25) is 5.43 Å². The number of halogens is 1. The van der Waals surface area contributed by atoms with E-state index in [0.29, 0.717) is 34.8 Å². The van der Waals surface area contributed by atoms with Gasteiger partial charge in [-0.05, 0) is 32.2 Å². The molecule has 1 aliphatic heterocycles. The summed E-state index contributed by atoms with van der Waals surface area (Å²) < 4.78 is 16.4. The maximum Gasteiger partial charge on any atom is 0.341 e. The van der Waals surface area contributed by atoms with Crippen LogP contribution < -0.4 is 10.3 Å². The highest BCUT2D eigenvalue weighted by molar-refractivity contribution is 5.96. The molecule has 1 saturated heterocycles. The van der Waals surface area contributed by atoms with Crippen molar-refractivity contribution in [3.8, 4) is 0 Å². The summed E-state index contributed by atoms with van der Waals surface area (Å²) in [6.07, 6.45) is 1.26. The molecule has 2 aromatic heterocycles. The molecule has 4 rings (SSSR count). The first-order valence-corrected chi connectivity index (χ1v) is 9.08. The van der Waals surface area contributed by atoms with Crippen LogP contribution in [0, 0.1) is 5.82 Å². The zero-order valence-electron chi connectivity index (χ0n) is 15.9. The fraction of sp³-hybridized carbons (Fsp3) is 0.350. The fourth-order valence-electron chi connectivity index (χ4n) is 3.73. The second kappa shape index (κ2) is 6.56. The summed E-state index contributed by atoms with van der Waals surface area (Å²) >= 11 is 0. The van der Waals surface area contributed by atoms with Crippen molar-refractivity contribution >= 4 is 33.6 Å². The van der Waals surface area contributed by atoms with E-state index in [1.54, 1.807) is 13.1 Å². The van der Waals surface area contributed by atoms with Gasteiger partial charge in [0.1, 0.15) is 17.0 Å². The summed E-state index contributed by atoms with van der Waals surface area (Å²) in [4.78, 5) is 32.6. The molecule has 0 aliphatic carbocycles. The maximum absolute atomic E-state index is 14.9. The van der Waals surface area contributed by atoms with Gasteiger partial charge in [-0.1, -0.05) is 0 Å². The number of hydrogen-bond acceptors (Lipinski definition) is 5. The molecule has 8 heteroatoms. The fourth-order valence-corrected chi connectivity index (χ4v) is 3.73. The van der Waals surface area contributed by atoms with E-state index in [1.165, 1.54) is 22.9 Å². The van der Waals surface area contributed by atoms with Gasteiger partial charge < -0.3 is 19.5 Å². The highest BCUT2D eigenvalue weighted by Crippen LogP contribution is 2.28. The summed E-state index contributed by atoms with van der Waals surface area (Å²) in [7, 11) is 3.69. The van der Waals surface area contributed by atoms with Gasteiger partial charge in [-0.3, -0.25) is 4.79 Å². The van der Waals surface area contributed by atoms with Gasteiger partial charge in [-0.15, -0.1) is 0 Å². The van der Waals surface area contributed by atoms with E-state index in [4.69, 9.17) is 0 Å². The second-order valence-electron chi connectivity index (χ2n) is 7.42. The number of benzene rings is 1. The van der Waals surface area contributed by atoms with Crippen LogP contribution in [0.15, 0.2) is 29.2 Å². The van der Waals surface area contributed by atoms with Crippen molar-refractivity contribution in [1.29, 1.82) is 0 Å². The molecule has 3 aromatic rings. The molecule has 7 nitrogen and oxygen atoms in total. The molecule has 0 amide bonds. The molecule has 0 bridgehead atoms. The SMILES string of the molecule is CC1CN(c2cc3nc4c(cc3cc2F)c(=O)c(C(=O)O)cn4C)CCN1C. The number of carboxylic acids is 1. The third-order valence-corrected chi connectivity index (χ3v) is 5.54. The normalized spacial score (nSPS) is 18.1. The van der Waals surface area contributed by atoms with Crippen LogP contribution in [0.4, 0.5) is 10.1 Å². The highest BCUT2D eigenvalue weighted by atomic mass is 19.1. The zero-order chi connectivity index (χ0) is 20.2. The number of anilines is 1. The van der Waals surface area contributed by atoms with E-state index in [-0.39, 0.29) is 16.8 Å². The number of hydrogen-bond donors (Lipinski definition) is 1. The lowest BCUT2D eigenvalue weighted by Gasteiger charge is -2.39. The van der Waals surface area contributed by atoms with Gasteiger partial charge in [0, 0.05) is 44.3 Å². The lowest BCUT2D eigenvalue weighted by Crippen LogP contribution is -2.50. The molecule has 1 aliphatic rings. The van der Waals surface area contributed by atoms with E-state index < -0.39 is 11.4 Å². The minimum Gasteiger partial charge on any atom is -0.477 e. The maximum atomic E-state index is 14.9. The number of carboxylic acid groups (broad SMARTS) is 1. The molecule has 3 heterocycles. The Morgan fingerprint density at radius 3 is 2.68 bits per heavy atom. The minimum absolute atomic E-state index is 0.162. The first-order chi connectivity index (χ1) is 13.3. The highest BCUT2D eigenvalue weighted by Gasteiger charge is 2.23. The van der Waals surface area contributed by atoms with Crippen molar-refractivity contribution < 1.29 is 14.3 Å². The van der Waals surface area contributed by atoms with Crippen LogP contribution in [0.5, 0.6) is 0 Å². The molecular weight excluding hydrogens is 363 g/mol. The van der Waals surface area contributed by atoms with Gasteiger partial charge in [-0.2, -0.15) is 0 Å². The Kier molecular flexibility index (Phi) is 4.30. The first kappa shape index (κ1) is 18.4. The predicted octanol–water partition coefficient (Wildman–Crippen LogP) is 2.06. The second-order valence-corrected chi connectivity index (χ2v) is 7.42. The minimum atomic E-state index is -1.30. The number of piperazine rings is 1. The number of likely N-dealkylation sites (N-methyl/N-ethyl adjacent to an activating group) is 1. The molecule has 1 fully saturated rings. The Hall–Kier alpha value is -3.00. The van der Waals surface area contributed by atoms with Crippen LogP contribution in [0.2, 0.25) is 0 Å². The number of aromatic nitrogens is 2. The first-order valence-electron chi connectivity index (χ1n) is 9.08. The summed E-state index contributed by atoms with van der Waals surface area (Å²) in [5.41, 5.74) is 0.471. The number of pyridine rings is 2. The third-order valence-electron chi connectivity index (χ3n) is 5.54. The van der Waals surface area contributed by atoms with Crippen LogP contribution >= 0.6 is 0 Å². The number of aryl methyl sites for hydroxylation is 1. The summed E-state index contributed by atoms with van der Waals surface area (Å²) in [5, 5.41) is 9.86. The monoisotopic (exact) mass is 384 g/mol. The molecular formula is C20H21FN4O3. The molecule has 0 spiro atoms. The quantitative estimate of drug-likeness (QED) is 0.682. The number of carbonyl (C=O) groups is 1. The van der Waals surface area contributed by atoms with Crippen molar-refractivity contribution in [3.05, 3.63) is 46.0 Å². The summed E-state index contributed by atoms with van der Waals surface area (Å²) in [6.45, 7) is 4.38. The number of fused-ring (bicyclic) bond motifs is 2. The van der Waals surface area contributed by atoms with E-state index in [9.17, 15) is 19.1 Å². The molecule has 1 unspecified atom stereocenters. The lowest BCUT2D eigenvalue weighted by atomic mass is 10.1. The van der Waals surface area contributed by atoms with E-state index in [0.717, 1.165) is 13.1 Å². The average molecular weight is 384 g/mol. The predicted molar refractivity (Wildman–Crippen MR) is 106 cm³/mol. The van der Waals surface area contributed by atoms with Crippen LogP contribution in [-0.4, -0.2) is 58.3 Å². The standard InChI is InChI=1S/C20H21FN4O3/c1-11-9-25(5-4-23(11)2)17-8-16-12(7-15(17)21)6-13-18(26)14(20(27)28)10-24(3)19(13)22-16/h6-8,10-11H,4-5,9H2,1-3H3,(H,27,28). The Bertz CT molecular complexity index is 1170. The van der Waals surface area contributed by atoms with Crippen LogP contribution in [0.3, 0.4) is 0 Å². The van der Waals surface area contributed by atoms with Crippen LogP contribution in [0.25, 0.3) is 21.9 Å². The Morgan fingerprint density at radius 1 is 1.25 bits per heavy atom. The van der Waals surface area contributed by atoms with E-state index in [2.05, 4.69) is 23.9 Å². The van der Waals surface area contributed by atoms with Crippen molar-refractivity contribution in [1.82, 2.24) is 14.5 Å². The number of rotatable bonds is 2. The zero-order valence-corrected chi connectivity index (χ0v) is 15.9. The van der Waals surface area contributed by atoms with Gasteiger partial charge >= 0.3 is 5.97 Å². The van der Waals surface area contributed by atoms with Crippen molar-refractivity contribution in [2.75, 3.05) is 31.6 Å². The number of nitrogens with zero attached hydrogens (tertiary/aromatic N) is 4.